The van der Waals surface area contributed by atoms with Crippen LogP contribution in [-0.4, -0.2) is 40.6 Å². The number of aryl methyl sites for hydroxylation is 1. The van der Waals surface area contributed by atoms with Gasteiger partial charge < -0.3 is 18.8 Å². The van der Waals surface area contributed by atoms with Gasteiger partial charge in [0.05, 0.1) is 3.57 Å². The highest BCUT2D eigenvalue weighted by Gasteiger charge is 2.17. The molecule has 0 unspecified atom stereocenters. The van der Waals surface area contributed by atoms with Crippen molar-refractivity contribution >= 4 is 55.6 Å². The number of ether oxygens (including phenoxy) is 1. The third-order valence-electron chi connectivity index (χ3n) is 4.68. The number of nitrogens with one attached hydrogen (secondary N) is 1. The topological polar surface area (TPSA) is 120 Å². The first-order chi connectivity index (χ1) is 15.0. The van der Waals surface area contributed by atoms with E-state index in [1.165, 1.54) is 18.0 Å². The van der Waals surface area contributed by atoms with Crippen LogP contribution in [0.4, 0.5) is 10.5 Å². The lowest BCUT2D eigenvalue weighted by Crippen LogP contribution is -2.25. The van der Waals surface area contributed by atoms with Gasteiger partial charge in [-0.2, -0.15) is 0 Å². The Hall–Kier alpha value is -2.64. The molecule has 3 aromatic rings. The van der Waals surface area contributed by atoms with Crippen molar-refractivity contribution in [2.45, 2.75) is 13.3 Å². The van der Waals surface area contributed by atoms with E-state index in [2.05, 4.69) is 32.0 Å². The zero-order chi connectivity index (χ0) is 23.6. The highest BCUT2D eigenvalue weighted by atomic mass is 127. The van der Waals surface area contributed by atoms with Crippen LogP contribution >= 0.6 is 22.6 Å². The first kappa shape index (κ1) is 24.0. The van der Waals surface area contributed by atoms with E-state index >= 15 is 0 Å². The van der Waals surface area contributed by atoms with Gasteiger partial charge in [0.2, 0.25) is 0 Å². The number of halogens is 1. The number of carbonyl (C=O) groups is 1. The lowest BCUT2D eigenvalue weighted by Gasteiger charge is -2.21. The van der Waals surface area contributed by atoms with Crippen molar-refractivity contribution in [1.29, 1.82) is 0 Å². The second-order valence-corrected chi connectivity index (χ2v) is 9.85. The highest BCUT2D eigenvalue weighted by molar-refractivity contribution is 14.1. The molecule has 0 atom stereocenters. The van der Waals surface area contributed by atoms with Crippen molar-refractivity contribution in [1.82, 2.24) is 9.62 Å². The zero-order valence-electron chi connectivity index (χ0n) is 17.8. The van der Waals surface area contributed by atoms with Crippen LogP contribution in [0.25, 0.3) is 15.7 Å². The Morgan fingerprint density at radius 2 is 1.97 bits per heavy atom. The van der Waals surface area contributed by atoms with Crippen LogP contribution in [0.5, 0.6) is 5.75 Å². The number of rotatable bonds is 6. The van der Waals surface area contributed by atoms with Crippen molar-refractivity contribution in [3.05, 3.63) is 71.8 Å². The van der Waals surface area contributed by atoms with Gasteiger partial charge in [0.1, 0.15) is 11.3 Å². The van der Waals surface area contributed by atoms with Crippen LogP contribution in [-0.2, 0) is 16.6 Å². The maximum atomic E-state index is 12.7. The lowest BCUT2D eigenvalue weighted by molar-refractivity contribution is 0.171. The molecule has 170 valence electrons. The van der Waals surface area contributed by atoms with Crippen molar-refractivity contribution in [2.24, 2.45) is 0 Å². The zero-order valence-corrected chi connectivity index (χ0v) is 20.8. The standard InChI is InChI=1S/C21H21IN3O6S/c1-12-15-10-17(22)19(31-21(27)25(3)4)11-18(15)30-20(26)16(12)9-13-6-5-7-14(8-13)24-32(28,29)23-2/h5-8,10-11,23H,9H2,1-4H3/q-1. The van der Waals surface area contributed by atoms with Crippen LogP contribution in [0.1, 0.15) is 16.7 Å². The third kappa shape index (κ3) is 5.40. The van der Waals surface area contributed by atoms with E-state index in [4.69, 9.17) is 9.15 Å². The Morgan fingerprint density at radius 1 is 1.25 bits per heavy atom. The summed E-state index contributed by atoms with van der Waals surface area (Å²) in [5.74, 6) is 0.298. The number of fused-ring (bicyclic) bond motifs is 1. The minimum Gasteiger partial charge on any atom is -0.564 e. The maximum absolute atomic E-state index is 12.7. The van der Waals surface area contributed by atoms with Gasteiger partial charge in [-0.1, -0.05) is 24.3 Å². The van der Waals surface area contributed by atoms with E-state index in [1.807, 2.05) is 6.92 Å². The molecule has 0 saturated carbocycles. The molecular weight excluding hydrogens is 549 g/mol. The minimum absolute atomic E-state index is 0.237. The molecule has 1 aromatic heterocycles. The second-order valence-electron chi connectivity index (χ2n) is 7.15. The molecule has 1 heterocycles. The van der Waals surface area contributed by atoms with E-state index < -0.39 is 21.9 Å². The lowest BCUT2D eigenvalue weighted by atomic mass is 9.99. The number of carbonyl (C=O) groups excluding carboxylic acids is 1. The Labute approximate surface area is 199 Å². The third-order valence-corrected chi connectivity index (χ3v) is 6.49. The molecule has 0 radical (unpaired) electrons. The number of benzene rings is 2. The van der Waals surface area contributed by atoms with Crippen LogP contribution in [0.15, 0.2) is 45.6 Å². The Kier molecular flexibility index (Phi) is 7.10. The van der Waals surface area contributed by atoms with Gasteiger partial charge in [0, 0.05) is 37.5 Å². The molecule has 32 heavy (non-hydrogen) atoms. The molecular formula is C21H21IN3O6S-. The Bertz CT molecular complexity index is 1350. The average molecular weight is 570 g/mol. The highest BCUT2D eigenvalue weighted by Crippen LogP contribution is 2.31. The minimum atomic E-state index is -3.78. The summed E-state index contributed by atoms with van der Waals surface area (Å²) in [7, 11) is 0.648. The fraction of sp³-hybridized carbons (Fsp3) is 0.238. The molecule has 9 nitrogen and oxygen atoms in total. The molecule has 3 rings (SSSR count). The van der Waals surface area contributed by atoms with Crippen LogP contribution in [0, 0.1) is 10.5 Å². The van der Waals surface area contributed by atoms with Gasteiger partial charge in [0.25, 0.3) is 0 Å². The summed E-state index contributed by atoms with van der Waals surface area (Å²) in [5.41, 5.74) is 1.92. The smallest absolute Gasteiger partial charge is 0.414 e. The number of amides is 1. The van der Waals surface area contributed by atoms with Crippen molar-refractivity contribution in [3.63, 3.8) is 0 Å². The second kappa shape index (κ2) is 9.46. The summed E-state index contributed by atoms with van der Waals surface area (Å²) < 4.78 is 40.7. The largest absolute Gasteiger partial charge is 0.564 e. The first-order valence-electron chi connectivity index (χ1n) is 9.41. The molecule has 1 N–H and O–H groups in total. The van der Waals surface area contributed by atoms with E-state index in [-0.39, 0.29) is 12.1 Å². The summed E-state index contributed by atoms with van der Waals surface area (Å²) in [5, 5.41) is 0.715. The SMILES string of the molecule is CNS(=O)(=O)[N-]c1cccc(Cc2c(C)c3cc(I)c(OC(=O)N(C)C)cc3oc2=O)c1. The van der Waals surface area contributed by atoms with E-state index in [1.54, 1.807) is 44.4 Å². The Morgan fingerprint density at radius 3 is 2.62 bits per heavy atom. The molecule has 0 aliphatic heterocycles. The summed E-state index contributed by atoms with van der Waals surface area (Å²) in [4.78, 5) is 25.9. The maximum Gasteiger partial charge on any atom is 0.414 e. The van der Waals surface area contributed by atoms with Gasteiger partial charge in [-0.05, 0) is 53.8 Å². The molecule has 2 aromatic carbocycles. The Balaban J connectivity index is 1.98. The van der Waals surface area contributed by atoms with Crippen molar-refractivity contribution in [2.75, 3.05) is 21.1 Å². The molecule has 0 bridgehead atoms. The quantitative estimate of drug-likeness (QED) is 0.356. The number of nitrogens with zero attached hydrogens (tertiary/aromatic N) is 2. The average Bonchev–Trinajstić information content (AvgIpc) is 2.72. The summed E-state index contributed by atoms with van der Waals surface area (Å²) in [6.07, 6.45) is -0.301. The summed E-state index contributed by atoms with van der Waals surface area (Å²) in [6, 6.07) is 9.94. The summed E-state index contributed by atoms with van der Waals surface area (Å²) >= 11 is 2.06. The molecule has 0 spiro atoms. The van der Waals surface area contributed by atoms with Gasteiger partial charge in [0.15, 0.2) is 10.2 Å². The van der Waals surface area contributed by atoms with Gasteiger partial charge in [-0.25, -0.2) is 22.7 Å². The molecule has 1 amide bonds. The monoisotopic (exact) mass is 570 g/mol. The van der Waals surface area contributed by atoms with Gasteiger partial charge in [-0.3, -0.25) is 0 Å². The normalized spacial score (nSPS) is 11.4. The molecule has 11 heteroatoms. The fourth-order valence-corrected chi connectivity index (χ4v) is 4.03. The first-order valence-corrected chi connectivity index (χ1v) is 11.9. The molecule has 0 fully saturated rings. The predicted octanol–water partition coefficient (Wildman–Crippen LogP) is 3.83. The van der Waals surface area contributed by atoms with E-state index in [0.29, 0.717) is 31.4 Å². The fourth-order valence-electron chi connectivity index (χ4n) is 2.97. The van der Waals surface area contributed by atoms with E-state index in [0.717, 1.165) is 5.56 Å². The van der Waals surface area contributed by atoms with Crippen LogP contribution in [0.3, 0.4) is 0 Å². The van der Waals surface area contributed by atoms with Gasteiger partial charge in [-0.15, -0.1) is 5.69 Å². The van der Waals surface area contributed by atoms with Gasteiger partial charge >= 0.3 is 11.7 Å². The molecule has 0 aliphatic rings. The summed E-state index contributed by atoms with van der Waals surface area (Å²) in [6.45, 7) is 1.82. The number of hydrogen-bond donors (Lipinski definition) is 1. The van der Waals surface area contributed by atoms with Crippen LogP contribution in [0.2, 0.25) is 0 Å². The van der Waals surface area contributed by atoms with Crippen LogP contribution < -0.4 is 15.1 Å². The van der Waals surface area contributed by atoms with Crippen molar-refractivity contribution < 1.29 is 22.4 Å². The van der Waals surface area contributed by atoms with Crippen molar-refractivity contribution in [3.8, 4) is 5.75 Å². The predicted molar refractivity (Wildman–Crippen MR) is 130 cm³/mol. The van der Waals surface area contributed by atoms with E-state index in [9.17, 15) is 18.0 Å². The molecule has 0 saturated heterocycles. The molecule has 0 aliphatic carbocycles. The number of hydrogen-bond acceptors (Lipinski definition) is 6.